The number of halogens is 1. The van der Waals surface area contributed by atoms with E-state index in [0.717, 1.165) is 12.8 Å². The molecule has 1 unspecified atom stereocenters. The van der Waals surface area contributed by atoms with Gasteiger partial charge in [-0.25, -0.2) is 13.6 Å². The van der Waals surface area contributed by atoms with E-state index < -0.39 is 15.6 Å². The van der Waals surface area contributed by atoms with Gasteiger partial charge in [0.1, 0.15) is 0 Å². The summed E-state index contributed by atoms with van der Waals surface area (Å²) in [6, 6.07) is 3.00. The van der Waals surface area contributed by atoms with Crippen LogP contribution in [0.25, 0.3) is 0 Å². The molecule has 0 radical (unpaired) electrons. The average molecular weight is 362 g/mol. The topological polar surface area (TPSA) is 115 Å². The van der Waals surface area contributed by atoms with Crippen molar-refractivity contribution in [2.45, 2.75) is 44.0 Å². The van der Waals surface area contributed by atoms with E-state index in [1.807, 2.05) is 6.92 Å². The summed E-state index contributed by atoms with van der Waals surface area (Å²) >= 11 is 0. The van der Waals surface area contributed by atoms with Gasteiger partial charge in [0.25, 0.3) is 5.91 Å². The number of rotatable bonds is 5. The van der Waals surface area contributed by atoms with Crippen LogP contribution in [0.15, 0.2) is 17.0 Å². The van der Waals surface area contributed by atoms with Crippen molar-refractivity contribution in [2.75, 3.05) is 6.54 Å². The minimum atomic E-state index is -3.87. The summed E-state index contributed by atoms with van der Waals surface area (Å²) < 4.78 is 23.3. The van der Waals surface area contributed by atoms with Crippen molar-refractivity contribution in [3.05, 3.63) is 28.8 Å². The second-order valence-electron chi connectivity index (χ2n) is 6.31. The molecular weight excluding hydrogens is 338 g/mol. The molecule has 1 aliphatic carbocycles. The van der Waals surface area contributed by atoms with Gasteiger partial charge < -0.3 is 11.1 Å². The van der Waals surface area contributed by atoms with Crippen LogP contribution in [0.4, 0.5) is 0 Å². The highest BCUT2D eigenvalue weighted by molar-refractivity contribution is 7.89. The summed E-state index contributed by atoms with van der Waals surface area (Å²) in [5, 5.41) is 8.17. The van der Waals surface area contributed by atoms with Crippen LogP contribution in [-0.4, -0.2) is 26.4 Å². The standard InChI is InChI=1S/C15H23N3O3S.ClH/c1-9-6-11(7-13(10(9)2)22(17,20)21)14(19)18-15(3,8-16)12-4-5-12;/h6-7,12H,4-5,8,16H2,1-3H3,(H,18,19)(H2,17,20,21);1H. The smallest absolute Gasteiger partial charge is 0.251 e. The van der Waals surface area contributed by atoms with Gasteiger partial charge in [0.05, 0.1) is 10.4 Å². The van der Waals surface area contributed by atoms with E-state index in [2.05, 4.69) is 5.32 Å². The highest BCUT2D eigenvalue weighted by Gasteiger charge is 2.41. The van der Waals surface area contributed by atoms with E-state index in [-0.39, 0.29) is 28.8 Å². The van der Waals surface area contributed by atoms with Crippen molar-refractivity contribution in [2.24, 2.45) is 16.8 Å². The lowest BCUT2D eigenvalue weighted by Crippen LogP contribution is -2.53. The van der Waals surface area contributed by atoms with Crippen molar-refractivity contribution >= 4 is 28.3 Å². The molecule has 0 spiro atoms. The number of aryl methyl sites for hydroxylation is 1. The molecule has 8 heteroatoms. The molecule has 0 aliphatic heterocycles. The number of hydrogen-bond donors (Lipinski definition) is 3. The van der Waals surface area contributed by atoms with Gasteiger partial charge in [-0.2, -0.15) is 0 Å². The molecule has 1 aliphatic rings. The van der Waals surface area contributed by atoms with Crippen molar-refractivity contribution < 1.29 is 13.2 Å². The number of sulfonamides is 1. The molecule has 0 aromatic heterocycles. The fourth-order valence-corrected chi connectivity index (χ4v) is 3.50. The first kappa shape index (κ1) is 19.9. The maximum Gasteiger partial charge on any atom is 0.251 e. The first-order chi connectivity index (χ1) is 10.1. The summed E-state index contributed by atoms with van der Waals surface area (Å²) in [5.41, 5.74) is 6.89. The Morgan fingerprint density at radius 1 is 1.35 bits per heavy atom. The molecule has 2 rings (SSSR count). The Hall–Kier alpha value is -1.15. The molecule has 1 amide bonds. The van der Waals surface area contributed by atoms with Crippen molar-refractivity contribution in [3.63, 3.8) is 0 Å². The van der Waals surface area contributed by atoms with Crippen LogP contribution < -0.4 is 16.2 Å². The number of nitrogens with one attached hydrogen (secondary N) is 1. The number of hydrogen-bond acceptors (Lipinski definition) is 4. The van der Waals surface area contributed by atoms with Crippen LogP contribution in [0.5, 0.6) is 0 Å². The zero-order chi connectivity index (χ0) is 16.7. The minimum Gasteiger partial charge on any atom is -0.345 e. The van der Waals surface area contributed by atoms with E-state index in [1.54, 1.807) is 19.9 Å². The summed E-state index contributed by atoms with van der Waals surface area (Å²) in [6.07, 6.45) is 2.09. The SMILES string of the molecule is Cc1cc(C(=O)NC(C)(CN)C2CC2)cc(S(N)(=O)=O)c1C.Cl. The fourth-order valence-electron chi connectivity index (χ4n) is 2.63. The predicted octanol–water partition coefficient (Wildman–Crippen LogP) is 1.23. The minimum absolute atomic E-state index is 0. The van der Waals surface area contributed by atoms with Gasteiger partial charge in [-0.3, -0.25) is 4.79 Å². The molecule has 0 saturated heterocycles. The normalized spacial score (nSPS) is 17.1. The van der Waals surface area contributed by atoms with Crippen LogP contribution in [0.2, 0.25) is 0 Å². The van der Waals surface area contributed by atoms with Crippen LogP contribution in [0.1, 0.15) is 41.3 Å². The molecule has 5 N–H and O–H groups in total. The second kappa shape index (κ2) is 6.76. The Bertz CT molecular complexity index is 717. The zero-order valence-corrected chi connectivity index (χ0v) is 15.2. The highest BCUT2D eigenvalue weighted by atomic mass is 35.5. The highest BCUT2D eigenvalue weighted by Crippen LogP contribution is 2.39. The molecule has 0 bridgehead atoms. The molecule has 1 aromatic carbocycles. The molecule has 130 valence electrons. The second-order valence-corrected chi connectivity index (χ2v) is 7.84. The molecule has 1 atom stereocenters. The summed E-state index contributed by atoms with van der Waals surface area (Å²) in [6.45, 7) is 5.69. The monoisotopic (exact) mass is 361 g/mol. The molecule has 1 aromatic rings. The fraction of sp³-hybridized carbons (Fsp3) is 0.533. The number of nitrogens with two attached hydrogens (primary N) is 2. The summed E-state index contributed by atoms with van der Waals surface area (Å²) in [7, 11) is -3.87. The van der Waals surface area contributed by atoms with Gasteiger partial charge in [-0.05, 0) is 62.8 Å². The van der Waals surface area contributed by atoms with E-state index in [4.69, 9.17) is 10.9 Å². The largest absolute Gasteiger partial charge is 0.345 e. The maximum absolute atomic E-state index is 12.5. The van der Waals surface area contributed by atoms with Crippen molar-refractivity contribution in [1.29, 1.82) is 0 Å². The molecule has 23 heavy (non-hydrogen) atoms. The van der Waals surface area contributed by atoms with Gasteiger partial charge in [0.15, 0.2) is 0 Å². The Balaban J connectivity index is 0.00000264. The number of primary sulfonamides is 1. The Kier molecular flexibility index (Phi) is 5.85. The van der Waals surface area contributed by atoms with E-state index in [1.165, 1.54) is 6.07 Å². The van der Waals surface area contributed by atoms with Crippen LogP contribution in [-0.2, 0) is 10.0 Å². The van der Waals surface area contributed by atoms with E-state index in [9.17, 15) is 13.2 Å². The van der Waals surface area contributed by atoms with Crippen molar-refractivity contribution in [3.8, 4) is 0 Å². The third-order valence-corrected chi connectivity index (χ3v) is 5.53. The lowest BCUT2D eigenvalue weighted by atomic mass is 9.95. The van der Waals surface area contributed by atoms with E-state index >= 15 is 0 Å². The Morgan fingerprint density at radius 3 is 2.35 bits per heavy atom. The van der Waals surface area contributed by atoms with Gasteiger partial charge in [0, 0.05) is 12.1 Å². The first-order valence-electron chi connectivity index (χ1n) is 7.25. The molecule has 6 nitrogen and oxygen atoms in total. The molecule has 1 saturated carbocycles. The van der Waals surface area contributed by atoms with Crippen LogP contribution in [0, 0.1) is 19.8 Å². The predicted molar refractivity (Wildman–Crippen MR) is 92.2 cm³/mol. The Morgan fingerprint density at radius 2 is 1.91 bits per heavy atom. The number of carbonyl (C=O) groups is 1. The number of amides is 1. The first-order valence-corrected chi connectivity index (χ1v) is 8.80. The zero-order valence-electron chi connectivity index (χ0n) is 13.5. The third kappa shape index (κ3) is 4.23. The van der Waals surface area contributed by atoms with Crippen molar-refractivity contribution in [1.82, 2.24) is 5.32 Å². The average Bonchev–Trinajstić information content (AvgIpc) is 3.24. The number of benzene rings is 1. The molecule has 0 heterocycles. The number of carbonyl (C=O) groups excluding carboxylic acids is 1. The summed E-state index contributed by atoms with van der Waals surface area (Å²) in [4.78, 5) is 12.5. The van der Waals surface area contributed by atoms with Gasteiger partial charge in [-0.1, -0.05) is 0 Å². The Labute approximate surface area is 143 Å². The van der Waals surface area contributed by atoms with Gasteiger partial charge in [0.2, 0.25) is 10.0 Å². The van der Waals surface area contributed by atoms with Gasteiger partial charge in [-0.15, -0.1) is 12.4 Å². The maximum atomic E-state index is 12.5. The van der Waals surface area contributed by atoms with Crippen LogP contribution in [0.3, 0.4) is 0 Å². The quantitative estimate of drug-likeness (QED) is 0.731. The lowest BCUT2D eigenvalue weighted by molar-refractivity contribution is 0.0897. The lowest BCUT2D eigenvalue weighted by Gasteiger charge is -2.29. The molecule has 1 fully saturated rings. The van der Waals surface area contributed by atoms with E-state index in [0.29, 0.717) is 23.6 Å². The molecular formula is C15H24ClN3O3S. The summed E-state index contributed by atoms with van der Waals surface area (Å²) in [5.74, 6) is 0.0542. The third-order valence-electron chi connectivity index (χ3n) is 4.49. The van der Waals surface area contributed by atoms with Crippen LogP contribution >= 0.6 is 12.4 Å². The van der Waals surface area contributed by atoms with Gasteiger partial charge >= 0.3 is 0 Å².